The molecule has 2 rings (SSSR count). The van der Waals surface area contributed by atoms with E-state index < -0.39 is 0 Å². The molecule has 122 valence electrons. The Hall–Kier alpha value is -1.24. The molecule has 22 heavy (non-hydrogen) atoms. The fourth-order valence-corrected chi connectivity index (χ4v) is 3.07. The van der Waals surface area contributed by atoms with Gasteiger partial charge in [0.1, 0.15) is 0 Å². The zero-order chi connectivity index (χ0) is 15.2. The first kappa shape index (κ1) is 18.8. The quantitative estimate of drug-likeness (QED) is 0.767. The minimum Gasteiger partial charge on any atom is -0.350 e. The van der Waals surface area contributed by atoms with Gasteiger partial charge in [0.2, 0.25) is 5.91 Å². The largest absolute Gasteiger partial charge is 0.350 e. The van der Waals surface area contributed by atoms with E-state index in [2.05, 4.69) is 16.0 Å². The van der Waals surface area contributed by atoms with Crippen LogP contribution in [0.1, 0.15) is 30.6 Å². The minimum absolute atomic E-state index is 0. The number of halogens is 1. The monoisotopic (exact) mass is 343 g/mol. The summed E-state index contributed by atoms with van der Waals surface area (Å²) in [7, 11) is 0. The van der Waals surface area contributed by atoms with Crippen LogP contribution in [0.5, 0.6) is 0 Å². The van der Waals surface area contributed by atoms with Crippen LogP contribution < -0.4 is 16.0 Å². The second kappa shape index (κ2) is 9.02. The van der Waals surface area contributed by atoms with E-state index in [4.69, 9.17) is 0 Å². The third-order valence-corrected chi connectivity index (χ3v) is 4.30. The third kappa shape index (κ3) is 5.19. The zero-order valence-electron chi connectivity index (χ0n) is 12.8. The van der Waals surface area contributed by atoms with Gasteiger partial charge in [-0.15, -0.1) is 24.2 Å². The number of rotatable bonds is 5. The van der Waals surface area contributed by atoms with Crippen molar-refractivity contribution in [3.8, 4) is 0 Å². The number of thioether (sulfide) groups is 1. The molecule has 0 unspecified atom stereocenters. The summed E-state index contributed by atoms with van der Waals surface area (Å²) in [6.07, 6.45) is 0.501. The fraction of sp³-hybridized carbons (Fsp3) is 0.467. The number of fused-ring (bicyclic) bond motifs is 1. The number of nitrogens with one attached hydrogen (secondary N) is 3. The van der Waals surface area contributed by atoms with Gasteiger partial charge >= 0.3 is 0 Å². The van der Waals surface area contributed by atoms with E-state index in [1.807, 2.05) is 19.9 Å². The Morgan fingerprint density at radius 2 is 2.23 bits per heavy atom. The number of hydrogen-bond donors (Lipinski definition) is 3. The molecule has 1 aromatic carbocycles. The van der Waals surface area contributed by atoms with Gasteiger partial charge in [-0.2, -0.15) is 0 Å². The van der Waals surface area contributed by atoms with Crippen LogP contribution in [-0.2, 0) is 4.79 Å². The van der Waals surface area contributed by atoms with Crippen molar-refractivity contribution in [1.29, 1.82) is 0 Å². The second-order valence-electron chi connectivity index (χ2n) is 5.03. The maximum Gasteiger partial charge on any atom is 0.251 e. The van der Waals surface area contributed by atoms with E-state index in [0.29, 0.717) is 18.5 Å². The SMILES string of the molecule is CCN[C@H](C)CNC(=O)c1ccc2c(c1)NC(=O)CCS2.Cl. The molecule has 0 aromatic heterocycles. The summed E-state index contributed by atoms with van der Waals surface area (Å²) in [5, 5.41) is 8.99. The van der Waals surface area contributed by atoms with E-state index in [1.165, 1.54) is 0 Å². The van der Waals surface area contributed by atoms with Gasteiger partial charge in [0.25, 0.3) is 5.91 Å². The molecule has 1 aliphatic rings. The normalized spacial score (nSPS) is 14.9. The molecular formula is C15H22ClN3O2S. The van der Waals surface area contributed by atoms with E-state index >= 15 is 0 Å². The highest BCUT2D eigenvalue weighted by Crippen LogP contribution is 2.31. The van der Waals surface area contributed by atoms with Crippen molar-refractivity contribution in [2.45, 2.75) is 31.2 Å². The lowest BCUT2D eigenvalue weighted by Gasteiger charge is -2.14. The molecule has 0 aliphatic carbocycles. The summed E-state index contributed by atoms with van der Waals surface area (Å²) in [6, 6.07) is 5.68. The molecule has 3 N–H and O–H groups in total. The molecule has 2 amide bonds. The molecule has 0 spiro atoms. The molecule has 0 saturated carbocycles. The lowest BCUT2D eigenvalue weighted by molar-refractivity contribution is -0.115. The Kier molecular flexibility index (Phi) is 7.72. The average Bonchev–Trinajstić information content (AvgIpc) is 2.64. The topological polar surface area (TPSA) is 70.2 Å². The number of anilines is 1. The van der Waals surface area contributed by atoms with Crippen LogP contribution in [0, 0.1) is 0 Å². The molecular weight excluding hydrogens is 322 g/mol. The maximum atomic E-state index is 12.1. The number of benzene rings is 1. The number of amides is 2. The minimum atomic E-state index is -0.119. The highest BCUT2D eigenvalue weighted by molar-refractivity contribution is 7.99. The van der Waals surface area contributed by atoms with Crippen LogP contribution in [0.25, 0.3) is 0 Å². The molecule has 0 bridgehead atoms. The Morgan fingerprint density at radius 3 is 2.95 bits per heavy atom. The highest BCUT2D eigenvalue weighted by atomic mass is 35.5. The van der Waals surface area contributed by atoms with Crippen LogP contribution in [-0.4, -0.2) is 36.7 Å². The van der Waals surface area contributed by atoms with Crippen molar-refractivity contribution in [1.82, 2.24) is 10.6 Å². The van der Waals surface area contributed by atoms with Crippen LogP contribution >= 0.6 is 24.2 Å². The lowest BCUT2D eigenvalue weighted by Crippen LogP contribution is -2.38. The van der Waals surface area contributed by atoms with Crippen molar-refractivity contribution in [3.63, 3.8) is 0 Å². The molecule has 1 heterocycles. The molecule has 1 aliphatic heterocycles. The van der Waals surface area contributed by atoms with Gasteiger partial charge in [0, 0.05) is 35.2 Å². The third-order valence-electron chi connectivity index (χ3n) is 3.22. The molecule has 5 nitrogen and oxygen atoms in total. The summed E-state index contributed by atoms with van der Waals surface area (Å²) in [6.45, 7) is 5.51. The fourth-order valence-electron chi connectivity index (χ4n) is 2.13. The number of carbonyl (C=O) groups excluding carboxylic acids is 2. The number of carbonyl (C=O) groups is 2. The summed E-state index contributed by atoms with van der Waals surface area (Å²) >= 11 is 1.63. The highest BCUT2D eigenvalue weighted by Gasteiger charge is 2.15. The first-order chi connectivity index (χ1) is 10.1. The zero-order valence-corrected chi connectivity index (χ0v) is 14.4. The van der Waals surface area contributed by atoms with Crippen LogP contribution in [0.4, 0.5) is 5.69 Å². The summed E-state index contributed by atoms with van der Waals surface area (Å²) in [5.74, 6) is 0.649. The van der Waals surface area contributed by atoms with E-state index in [-0.39, 0.29) is 30.3 Å². The van der Waals surface area contributed by atoms with Crippen molar-refractivity contribution in [2.24, 2.45) is 0 Å². The number of likely N-dealkylation sites (N-methyl/N-ethyl adjacent to an activating group) is 1. The smallest absolute Gasteiger partial charge is 0.251 e. The molecule has 1 atom stereocenters. The first-order valence-electron chi connectivity index (χ1n) is 7.18. The Labute approximate surface area is 141 Å². The van der Waals surface area contributed by atoms with E-state index in [1.54, 1.807) is 23.9 Å². The Morgan fingerprint density at radius 1 is 1.45 bits per heavy atom. The van der Waals surface area contributed by atoms with Crippen molar-refractivity contribution in [2.75, 3.05) is 24.2 Å². The standard InChI is InChI=1S/C15H21N3O2S.ClH/c1-3-16-10(2)9-17-15(20)11-4-5-13-12(8-11)18-14(19)6-7-21-13;/h4-5,8,10,16H,3,6-7,9H2,1-2H3,(H,17,20)(H,18,19);1H/t10-;/m1./s1. The Bertz CT molecular complexity index is 540. The summed E-state index contributed by atoms with van der Waals surface area (Å²) < 4.78 is 0. The van der Waals surface area contributed by atoms with Crippen LogP contribution in [0.2, 0.25) is 0 Å². The summed E-state index contributed by atoms with van der Waals surface area (Å²) in [5.41, 5.74) is 1.30. The van der Waals surface area contributed by atoms with Gasteiger partial charge in [-0.1, -0.05) is 6.92 Å². The predicted molar refractivity (Wildman–Crippen MR) is 93.1 cm³/mol. The molecule has 7 heteroatoms. The van der Waals surface area contributed by atoms with Crippen molar-refractivity contribution in [3.05, 3.63) is 23.8 Å². The van der Waals surface area contributed by atoms with Gasteiger partial charge in [-0.25, -0.2) is 0 Å². The predicted octanol–water partition coefficient (Wildman–Crippen LogP) is 2.27. The van der Waals surface area contributed by atoms with Gasteiger partial charge < -0.3 is 16.0 Å². The van der Waals surface area contributed by atoms with Crippen LogP contribution in [0.15, 0.2) is 23.1 Å². The molecule has 1 aromatic rings. The van der Waals surface area contributed by atoms with Gasteiger partial charge in [0.15, 0.2) is 0 Å². The Balaban J connectivity index is 0.00000242. The lowest BCUT2D eigenvalue weighted by atomic mass is 10.1. The van der Waals surface area contributed by atoms with Gasteiger partial charge in [-0.05, 0) is 31.7 Å². The van der Waals surface area contributed by atoms with Crippen LogP contribution in [0.3, 0.4) is 0 Å². The number of hydrogen-bond acceptors (Lipinski definition) is 4. The van der Waals surface area contributed by atoms with Gasteiger partial charge in [0.05, 0.1) is 5.69 Å². The molecule has 0 radical (unpaired) electrons. The average molecular weight is 344 g/mol. The van der Waals surface area contributed by atoms with E-state index in [0.717, 1.165) is 22.9 Å². The summed E-state index contributed by atoms with van der Waals surface area (Å²) in [4.78, 5) is 24.7. The second-order valence-corrected chi connectivity index (χ2v) is 6.16. The molecule has 0 saturated heterocycles. The molecule has 0 fully saturated rings. The van der Waals surface area contributed by atoms with Crippen molar-refractivity contribution < 1.29 is 9.59 Å². The van der Waals surface area contributed by atoms with Gasteiger partial charge in [-0.3, -0.25) is 9.59 Å². The van der Waals surface area contributed by atoms with E-state index in [9.17, 15) is 9.59 Å². The van der Waals surface area contributed by atoms with Crippen molar-refractivity contribution >= 4 is 41.7 Å². The first-order valence-corrected chi connectivity index (χ1v) is 8.17. The maximum absolute atomic E-state index is 12.1.